The number of terminal acetylenes is 1. The predicted molar refractivity (Wildman–Crippen MR) is 103 cm³/mol. The standard InChI is InChI=1S/C19H15F4N3O3S/c1-3-14-8-13(9-15(20)18(14)26-30(2,28)29)11-25-17(27)7-5-12-4-6-16(24-10-12)19(21,22)23/h1,4-10,26H,11H2,2H3,(H,25,27)/b7-5-. The Morgan fingerprint density at radius 1 is 1.30 bits per heavy atom. The predicted octanol–water partition coefficient (Wildman–Crippen LogP) is 2.92. The fraction of sp³-hybridized carbons (Fsp3) is 0.158. The lowest BCUT2D eigenvalue weighted by atomic mass is 10.1. The van der Waals surface area contributed by atoms with Crippen molar-refractivity contribution in [1.82, 2.24) is 10.3 Å². The lowest BCUT2D eigenvalue weighted by Crippen LogP contribution is -2.20. The molecule has 1 amide bonds. The van der Waals surface area contributed by atoms with E-state index in [0.29, 0.717) is 0 Å². The lowest BCUT2D eigenvalue weighted by molar-refractivity contribution is -0.141. The second kappa shape index (κ2) is 8.96. The minimum atomic E-state index is -4.56. The number of pyridine rings is 1. The molecule has 2 N–H and O–H groups in total. The minimum Gasteiger partial charge on any atom is -0.348 e. The van der Waals surface area contributed by atoms with Crippen LogP contribution in [0.5, 0.6) is 0 Å². The first-order chi connectivity index (χ1) is 13.9. The lowest BCUT2D eigenvalue weighted by Gasteiger charge is -2.11. The number of nitrogens with one attached hydrogen (secondary N) is 2. The van der Waals surface area contributed by atoms with Crippen LogP contribution in [0, 0.1) is 18.2 Å². The van der Waals surface area contributed by atoms with Gasteiger partial charge < -0.3 is 5.32 Å². The molecule has 1 aromatic heterocycles. The smallest absolute Gasteiger partial charge is 0.348 e. The molecule has 158 valence electrons. The zero-order chi connectivity index (χ0) is 22.5. The number of aromatic nitrogens is 1. The van der Waals surface area contributed by atoms with Crippen LogP contribution in [0.2, 0.25) is 0 Å². The third-order valence-corrected chi connectivity index (χ3v) is 4.14. The second-order valence-corrected chi connectivity index (χ2v) is 7.79. The van der Waals surface area contributed by atoms with Crippen LogP contribution in [-0.2, 0) is 27.5 Å². The number of nitrogens with zero attached hydrogens (tertiary/aromatic N) is 1. The summed E-state index contributed by atoms with van der Waals surface area (Å²) < 4.78 is 76.2. The Bertz CT molecular complexity index is 1120. The van der Waals surface area contributed by atoms with Crippen molar-refractivity contribution in [2.45, 2.75) is 12.7 Å². The number of hydrogen-bond donors (Lipinski definition) is 2. The number of benzene rings is 1. The van der Waals surface area contributed by atoms with Gasteiger partial charge in [-0.1, -0.05) is 12.0 Å². The number of sulfonamides is 1. The van der Waals surface area contributed by atoms with Gasteiger partial charge in [0.1, 0.15) is 11.5 Å². The molecule has 0 bridgehead atoms. The maximum Gasteiger partial charge on any atom is 0.433 e. The van der Waals surface area contributed by atoms with Crippen LogP contribution >= 0.6 is 0 Å². The van der Waals surface area contributed by atoms with Gasteiger partial charge in [-0.15, -0.1) is 6.42 Å². The van der Waals surface area contributed by atoms with Crippen LogP contribution in [0.1, 0.15) is 22.4 Å². The number of amides is 1. The van der Waals surface area contributed by atoms with E-state index in [2.05, 4.69) is 16.2 Å². The fourth-order valence-electron chi connectivity index (χ4n) is 2.26. The van der Waals surface area contributed by atoms with E-state index in [-0.39, 0.29) is 28.9 Å². The van der Waals surface area contributed by atoms with Crippen molar-refractivity contribution < 1.29 is 30.8 Å². The number of carbonyl (C=O) groups excluding carboxylic acids is 1. The van der Waals surface area contributed by atoms with Gasteiger partial charge in [-0.3, -0.25) is 14.5 Å². The van der Waals surface area contributed by atoms with E-state index in [9.17, 15) is 30.8 Å². The normalized spacial score (nSPS) is 11.9. The molecule has 1 aromatic carbocycles. The van der Waals surface area contributed by atoms with Crippen LogP contribution in [0.15, 0.2) is 36.5 Å². The van der Waals surface area contributed by atoms with Crippen molar-refractivity contribution in [1.29, 1.82) is 0 Å². The first-order valence-corrected chi connectivity index (χ1v) is 10.0. The van der Waals surface area contributed by atoms with E-state index in [1.54, 1.807) is 0 Å². The minimum absolute atomic E-state index is 0.0453. The number of anilines is 1. The van der Waals surface area contributed by atoms with E-state index < -0.39 is 33.6 Å². The van der Waals surface area contributed by atoms with Gasteiger partial charge in [0, 0.05) is 18.8 Å². The Balaban J connectivity index is 2.05. The molecule has 6 nitrogen and oxygen atoms in total. The van der Waals surface area contributed by atoms with E-state index >= 15 is 0 Å². The van der Waals surface area contributed by atoms with E-state index in [0.717, 1.165) is 36.7 Å². The molecule has 0 saturated heterocycles. The van der Waals surface area contributed by atoms with Crippen molar-refractivity contribution in [3.8, 4) is 12.3 Å². The van der Waals surface area contributed by atoms with Crippen molar-refractivity contribution >= 4 is 27.7 Å². The molecule has 0 radical (unpaired) electrons. The van der Waals surface area contributed by atoms with E-state index in [4.69, 9.17) is 6.42 Å². The van der Waals surface area contributed by atoms with Crippen LogP contribution in [0.3, 0.4) is 0 Å². The SMILES string of the molecule is C#Cc1cc(CNC(=O)/C=C\c2ccc(C(F)(F)F)nc2)cc(F)c1NS(C)(=O)=O. The first-order valence-electron chi connectivity index (χ1n) is 8.15. The van der Waals surface area contributed by atoms with Crippen molar-refractivity contribution in [3.63, 3.8) is 0 Å². The molecule has 0 unspecified atom stereocenters. The van der Waals surface area contributed by atoms with Crippen LogP contribution in [-0.4, -0.2) is 25.6 Å². The number of rotatable bonds is 6. The van der Waals surface area contributed by atoms with Crippen LogP contribution in [0.4, 0.5) is 23.2 Å². The summed E-state index contributed by atoms with van der Waals surface area (Å²) in [6.07, 6.45) is 4.87. The topological polar surface area (TPSA) is 88.2 Å². The summed E-state index contributed by atoms with van der Waals surface area (Å²) in [4.78, 5) is 15.2. The maximum atomic E-state index is 14.2. The first kappa shape index (κ1) is 22.9. The summed E-state index contributed by atoms with van der Waals surface area (Å²) in [6, 6.07) is 4.29. The third-order valence-electron chi connectivity index (χ3n) is 3.56. The summed E-state index contributed by atoms with van der Waals surface area (Å²) in [5.41, 5.74) is -0.919. The maximum absolute atomic E-state index is 14.2. The molecule has 0 spiro atoms. The molecule has 0 fully saturated rings. The van der Waals surface area contributed by atoms with E-state index in [1.165, 1.54) is 12.1 Å². The van der Waals surface area contributed by atoms with Gasteiger partial charge in [-0.05, 0) is 35.4 Å². The highest BCUT2D eigenvalue weighted by atomic mass is 32.2. The number of halogens is 4. The average molecular weight is 441 g/mol. The molecular weight excluding hydrogens is 426 g/mol. The number of hydrogen-bond acceptors (Lipinski definition) is 4. The molecule has 0 aliphatic carbocycles. The second-order valence-electron chi connectivity index (χ2n) is 6.04. The quantitative estimate of drug-likeness (QED) is 0.410. The third kappa shape index (κ3) is 6.59. The molecule has 0 aliphatic rings. The average Bonchev–Trinajstić information content (AvgIpc) is 2.65. The fourth-order valence-corrected chi connectivity index (χ4v) is 2.84. The Hall–Kier alpha value is -3.39. The van der Waals surface area contributed by atoms with Gasteiger partial charge >= 0.3 is 6.18 Å². The number of alkyl halides is 3. The van der Waals surface area contributed by atoms with Crippen molar-refractivity contribution in [2.24, 2.45) is 0 Å². The van der Waals surface area contributed by atoms with Crippen molar-refractivity contribution in [3.05, 3.63) is 64.7 Å². The molecule has 0 aliphatic heterocycles. The molecule has 11 heteroatoms. The van der Waals surface area contributed by atoms with Crippen molar-refractivity contribution in [2.75, 3.05) is 11.0 Å². The number of carbonyl (C=O) groups is 1. The highest BCUT2D eigenvalue weighted by molar-refractivity contribution is 7.92. The molecule has 1 heterocycles. The van der Waals surface area contributed by atoms with Crippen LogP contribution < -0.4 is 10.0 Å². The largest absolute Gasteiger partial charge is 0.433 e. The monoisotopic (exact) mass is 441 g/mol. The molecule has 0 saturated carbocycles. The molecule has 0 atom stereocenters. The Kier molecular flexibility index (Phi) is 6.84. The summed E-state index contributed by atoms with van der Waals surface area (Å²) >= 11 is 0. The summed E-state index contributed by atoms with van der Waals surface area (Å²) in [5.74, 6) is 0.656. The Morgan fingerprint density at radius 2 is 2.00 bits per heavy atom. The summed E-state index contributed by atoms with van der Waals surface area (Å²) in [6.45, 7) is -0.126. The molecule has 2 rings (SSSR count). The zero-order valence-electron chi connectivity index (χ0n) is 15.4. The highest BCUT2D eigenvalue weighted by Crippen LogP contribution is 2.27. The zero-order valence-corrected chi connectivity index (χ0v) is 16.2. The van der Waals surface area contributed by atoms with Gasteiger partial charge in [-0.25, -0.2) is 12.8 Å². The molecular formula is C19H15F4N3O3S. The van der Waals surface area contributed by atoms with Gasteiger partial charge in [0.2, 0.25) is 15.9 Å². The van der Waals surface area contributed by atoms with Crippen LogP contribution in [0.25, 0.3) is 6.08 Å². The molecule has 30 heavy (non-hydrogen) atoms. The van der Waals surface area contributed by atoms with E-state index in [1.807, 2.05) is 4.72 Å². The van der Waals surface area contributed by atoms with Gasteiger partial charge in [0.25, 0.3) is 0 Å². The van der Waals surface area contributed by atoms with Gasteiger partial charge in [0.05, 0.1) is 17.5 Å². The Morgan fingerprint density at radius 3 is 2.53 bits per heavy atom. The highest BCUT2D eigenvalue weighted by Gasteiger charge is 2.31. The summed E-state index contributed by atoms with van der Waals surface area (Å²) in [5, 5.41) is 2.45. The van der Waals surface area contributed by atoms with Gasteiger partial charge in [0.15, 0.2) is 0 Å². The summed E-state index contributed by atoms with van der Waals surface area (Å²) in [7, 11) is -3.75. The van der Waals surface area contributed by atoms with Gasteiger partial charge in [-0.2, -0.15) is 13.2 Å². The molecule has 2 aromatic rings. The Labute approximate surface area is 170 Å².